The van der Waals surface area contributed by atoms with E-state index in [2.05, 4.69) is 4.98 Å². The van der Waals surface area contributed by atoms with Crippen molar-refractivity contribution in [2.75, 3.05) is 0 Å². The van der Waals surface area contributed by atoms with Crippen LogP contribution in [-0.2, 0) is 12.0 Å². The molecule has 0 aliphatic rings. The Balaban J connectivity index is 3.43. The molecular formula is C11H15N3OS. The smallest absolute Gasteiger partial charge is 0.268 e. The van der Waals surface area contributed by atoms with Gasteiger partial charge in [0.2, 0.25) is 0 Å². The lowest BCUT2D eigenvalue weighted by molar-refractivity contribution is 0.480. The van der Waals surface area contributed by atoms with Gasteiger partial charge in [0.1, 0.15) is 16.1 Å². The SMILES string of the molecule is CCn1c(C(C)(C)C)ncc(SC#N)c1=O. The molecule has 0 radical (unpaired) electrons. The largest absolute Gasteiger partial charge is 0.296 e. The average molecular weight is 237 g/mol. The summed E-state index contributed by atoms with van der Waals surface area (Å²) in [4.78, 5) is 16.7. The number of thioether (sulfide) groups is 1. The maximum absolute atomic E-state index is 12.0. The zero-order valence-corrected chi connectivity index (χ0v) is 10.8. The van der Waals surface area contributed by atoms with Crippen molar-refractivity contribution in [2.24, 2.45) is 0 Å². The van der Waals surface area contributed by atoms with Crippen LogP contribution in [0.2, 0.25) is 0 Å². The standard InChI is InChI=1S/C11H15N3OS/c1-5-14-9(15)8(16-7-12)6-13-10(14)11(2,3)4/h6H,5H2,1-4H3. The molecule has 1 heterocycles. The number of nitriles is 1. The number of hydrogen-bond acceptors (Lipinski definition) is 4. The second-order valence-electron chi connectivity index (χ2n) is 4.44. The number of aromatic nitrogens is 2. The number of rotatable bonds is 2. The van der Waals surface area contributed by atoms with Crippen molar-refractivity contribution in [3.05, 3.63) is 22.4 Å². The molecule has 1 aromatic heterocycles. The van der Waals surface area contributed by atoms with Crippen LogP contribution in [-0.4, -0.2) is 9.55 Å². The molecule has 4 nitrogen and oxygen atoms in total. The van der Waals surface area contributed by atoms with Crippen LogP contribution in [0.1, 0.15) is 33.5 Å². The van der Waals surface area contributed by atoms with E-state index in [1.807, 2.05) is 33.1 Å². The van der Waals surface area contributed by atoms with Crippen LogP contribution in [0.5, 0.6) is 0 Å². The molecule has 0 unspecified atom stereocenters. The summed E-state index contributed by atoms with van der Waals surface area (Å²) in [5.74, 6) is 0.752. The summed E-state index contributed by atoms with van der Waals surface area (Å²) in [5.41, 5.74) is -0.306. The van der Waals surface area contributed by atoms with E-state index in [1.54, 1.807) is 4.57 Å². The summed E-state index contributed by atoms with van der Waals surface area (Å²) in [6.45, 7) is 8.51. The first-order valence-electron chi connectivity index (χ1n) is 5.08. The van der Waals surface area contributed by atoms with E-state index < -0.39 is 0 Å². The molecule has 86 valence electrons. The number of hydrogen-bond donors (Lipinski definition) is 0. The van der Waals surface area contributed by atoms with Gasteiger partial charge in [-0.3, -0.25) is 9.36 Å². The first kappa shape index (κ1) is 12.8. The first-order chi connectivity index (χ1) is 7.41. The highest BCUT2D eigenvalue weighted by molar-refractivity contribution is 8.03. The zero-order chi connectivity index (χ0) is 12.3. The summed E-state index contributed by atoms with van der Waals surface area (Å²) < 4.78 is 1.62. The van der Waals surface area contributed by atoms with Crippen molar-refractivity contribution in [1.29, 1.82) is 5.26 Å². The molecule has 1 rings (SSSR count). The van der Waals surface area contributed by atoms with E-state index in [0.717, 1.165) is 17.6 Å². The molecule has 0 spiro atoms. The fraction of sp³-hybridized carbons (Fsp3) is 0.545. The third kappa shape index (κ3) is 2.45. The second kappa shape index (κ2) is 4.71. The van der Waals surface area contributed by atoms with E-state index in [1.165, 1.54) is 6.20 Å². The molecule has 0 aliphatic heterocycles. The normalized spacial score (nSPS) is 11.2. The summed E-state index contributed by atoms with van der Waals surface area (Å²) in [5, 5.41) is 10.5. The van der Waals surface area contributed by atoms with Gasteiger partial charge in [-0.2, -0.15) is 5.26 Å². The van der Waals surface area contributed by atoms with Gasteiger partial charge in [-0.1, -0.05) is 20.8 Å². The summed E-state index contributed by atoms with van der Waals surface area (Å²) >= 11 is 0.860. The Bertz CT molecular complexity index is 479. The van der Waals surface area contributed by atoms with Gasteiger partial charge in [-0.25, -0.2) is 4.98 Å². The van der Waals surface area contributed by atoms with E-state index in [0.29, 0.717) is 11.4 Å². The minimum atomic E-state index is -0.176. The Morgan fingerprint density at radius 3 is 2.62 bits per heavy atom. The van der Waals surface area contributed by atoms with Crippen molar-refractivity contribution >= 4 is 11.8 Å². The topological polar surface area (TPSA) is 58.7 Å². The van der Waals surface area contributed by atoms with Gasteiger partial charge in [0, 0.05) is 18.2 Å². The molecule has 0 saturated heterocycles. The van der Waals surface area contributed by atoms with Gasteiger partial charge in [-0.15, -0.1) is 0 Å². The summed E-state index contributed by atoms with van der Waals surface area (Å²) in [7, 11) is 0. The van der Waals surface area contributed by atoms with Crippen LogP contribution in [0.15, 0.2) is 15.9 Å². The molecule has 1 aromatic rings. The molecule has 0 aliphatic carbocycles. The van der Waals surface area contributed by atoms with Gasteiger partial charge in [0.25, 0.3) is 5.56 Å². The van der Waals surface area contributed by atoms with Crippen molar-refractivity contribution in [2.45, 2.75) is 44.6 Å². The van der Waals surface area contributed by atoms with Crippen LogP contribution >= 0.6 is 11.8 Å². The van der Waals surface area contributed by atoms with E-state index in [-0.39, 0.29) is 11.0 Å². The molecule has 0 saturated carbocycles. The monoisotopic (exact) mass is 237 g/mol. The molecule has 0 atom stereocenters. The molecule has 0 amide bonds. The molecule has 0 bridgehead atoms. The maximum atomic E-state index is 12.0. The first-order valence-corrected chi connectivity index (χ1v) is 5.89. The van der Waals surface area contributed by atoms with E-state index in [4.69, 9.17) is 5.26 Å². The molecule has 0 fully saturated rings. The zero-order valence-electron chi connectivity index (χ0n) is 9.94. The predicted molar refractivity (Wildman–Crippen MR) is 64.3 cm³/mol. The Labute approximate surface area is 99.3 Å². The average Bonchev–Trinajstić information content (AvgIpc) is 2.19. The van der Waals surface area contributed by atoms with Gasteiger partial charge in [0.15, 0.2) is 0 Å². The van der Waals surface area contributed by atoms with Crippen LogP contribution in [0, 0.1) is 10.7 Å². The Morgan fingerprint density at radius 1 is 1.56 bits per heavy atom. The molecular weight excluding hydrogens is 222 g/mol. The van der Waals surface area contributed by atoms with Gasteiger partial charge < -0.3 is 0 Å². The molecule has 5 heteroatoms. The molecule has 16 heavy (non-hydrogen) atoms. The third-order valence-electron chi connectivity index (χ3n) is 2.16. The predicted octanol–water partition coefficient (Wildman–Crippen LogP) is 2.13. The Kier molecular flexibility index (Phi) is 3.76. The summed E-state index contributed by atoms with van der Waals surface area (Å²) in [6, 6.07) is 0. The fourth-order valence-corrected chi connectivity index (χ4v) is 1.89. The van der Waals surface area contributed by atoms with Gasteiger partial charge in [0.05, 0.1) is 0 Å². The van der Waals surface area contributed by atoms with Crippen molar-refractivity contribution in [1.82, 2.24) is 9.55 Å². The van der Waals surface area contributed by atoms with Gasteiger partial charge in [-0.05, 0) is 18.7 Å². The van der Waals surface area contributed by atoms with E-state index >= 15 is 0 Å². The minimum Gasteiger partial charge on any atom is -0.296 e. The molecule has 0 aromatic carbocycles. The van der Waals surface area contributed by atoms with Gasteiger partial charge >= 0.3 is 0 Å². The van der Waals surface area contributed by atoms with Crippen LogP contribution in [0.3, 0.4) is 0 Å². The highest BCUT2D eigenvalue weighted by atomic mass is 32.2. The molecule has 0 N–H and O–H groups in total. The highest BCUT2D eigenvalue weighted by Gasteiger charge is 2.21. The Hall–Kier alpha value is -1.28. The lowest BCUT2D eigenvalue weighted by atomic mass is 9.95. The van der Waals surface area contributed by atoms with Crippen molar-refractivity contribution < 1.29 is 0 Å². The lowest BCUT2D eigenvalue weighted by Crippen LogP contribution is -2.31. The lowest BCUT2D eigenvalue weighted by Gasteiger charge is -2.22. The maximum Gasteiger partial charge on any atom is 0.268 e. The number of thiocyanates is 1. The third-order valence-corrected chi connectivity index (χ3v) is 2.75. The highest BCUT2D eigenvalue weighted by Crippen LogP contribution is 2.20. The quantitative estimate of drug-likeness (QED) is 0.584. The van der Waals surface area contributed by atoms with Crippen LogP contribution in [0.4, 0.5) is 0 Å². The van der Waals surface area contributed by atoms with E-state index in [9.17, 15) is 4.79 Å². The summed E-state index contributed by atoms with van der Waals surface area (Å²) in [6.07, 6.45) is 1.49. The number of nitrogens with zero attached hydrogens (tertiary/aromatic N) is 3. The Morgan fingerprint density at radius 2 is 2.19 bits per heavy atom. The minimum absolute atomic E-state index is 0.131. The fourth-order valence-electron chi connectivity index (χ4n) is 1.48. The van der Waals surface area contributed by atoms with Crippen LogP contribution < -0.4 is 5.56 Å². The van der Waals surface area contributed by atoms with Crippen molar-refractivity contribution in [3.8, 4) is 5.40 Å². The van der Waals surface area contributed by atoms with Crippen LogP contribution in [0.25, 0.3) is 0 Å². The second-order valence-corrected chi connectivity index (χ2v) is 5.27. The van der Waals surface area contributed by atoms with Crippen molar-refractivity contribution in [3.63, 3.8) is 0 Å².